The quantitative estimate of drug-likeness (QED) is 0.642. The Morgan fingerprint density at radius 1 is 1.26 bits per heavy atom. The lowest BCUT2D eigenvalue weighted by molar-refractivity contribution is -0.0687. The van der Waals surface area contributed by atoms with Crippen molar-refractivity contribution in [2.75, 3.05) is 5.73 Å². The van der Waals surface area contributed by atoms with Crippen LogP contribution >= 0.6 is 11.3 Å². The van der Waals surface area contributed by atoms with Gasteiger partial charge in [0.05, 0.1) is 5.69 Å². The number of carbonyl (C=O) groups is 1. The van der Waals surface area contributed by atoms with E-state index in [1.807, 2.05) is 0 Å². The highest BCUT2D eigenvalue weighted by Gasteiger charge is 2.53. The van der Waals surface area contributed by atoms with E-state index < -0.39 is 0 Å². The van der Waals surface area contributed by atoms with Gasteiger partial charge in [0.1, 0.15) is 9.71 Å². The number of amides is 1. The van der Waals surface area contributed by atoms with Gasteiger partial charge in [-0.25, -0.2) is 4.98 Å². The minimum atomic E-state index is 0.00755. The molecule has 4 bridgehead atoms. The molecular weight excluding hydrogens is 402 g/mol. The molecule has 5 aliphatic carbocycles. The number of anilines is 1. The number of pyridine rings is 1. The van der Waals surface area contributed by atoms with Crippen LogP contribution in [0.3, 0.4) is 0 Å². The molecule has 0 spiro atoms. The predicted octanol–water partition coefficient (Wildman–Crippen LogP) is 5.73. The average Bonchev–Trinajstić information content (AvgIpc) is 3.06. The van der Waals surface area contributed by atoms with Crippen LogP contribution in [-0.2, 0) is 12.8 Å². The molecule has 2 heterocycles. The molecule has 31 heavy (non-hydrogen) atoms. The summed E-state index contributed by atoms with van der Waals surface area (Å²) in [6.45, 7) is 4.52. The number of aromatic nitrogens is 1. The van der Waals surface area contributed by atoms with E-state index in [0.717, 1.165) is 46.7 Å². The van der Waals surface area contributed by atoms with Crippen LogP contribution in [0.15, 0.2) is 6.07 Å². The van der Waals surface area contributed by atoms with Gasteiger partial charge in [-0.3, -0.25) is 4.79 Å². The van der Waals surface area contributed by atoms with Crippen molar-refractivity contribution >= 4 is 33.1 Å². The summed E-state index contributed by atoms with van der Waals surface area (Å²) in [7, 11) is 0. The molecule has 4 nitrogen and oxygen atoms in total. The highest BCUT2D eigenvalue weighted by atomic mass is 32.1. The Labute approximate surface area is 189 Å². The van der Waals surface area contributed by atoms with Crippen LogP contribution in [0.5, 0.6) is 0 Å². The molecule has 2 aromatic rings. The predicted molar refractivity (Wildman–Crippen MR) is 127 cm³/mol. The molecule has 4 fully saturated rings. The molecule has 5 heteroatoms. The number of aryl methyl sites for hydroxylation is 1. The van der Waals surface area contributed by atoms with Crippen molar-refractivity contribution < 1.29 is 4.79 Å². The van der Waals surface area contributed by atoms with E-state index in [9.17, 15) is 4.79 Å². The Balaban J connectivity index is 1.25. The standard InChI is InChI=1S/C26H35N3OS/c1-3-15-4-5-21-19(9-15)10-20-22(27)23(31-25(20)29-21)24(30)28-14(2)26-11-16-6-17(12-26)8-18(7-16)13-26/h10,14-18H,3-9,11-13,27H2,1-2H3,(H,28,30)/t14-,15-,16?,17?,18?,26?/m0/s1. The minimum Gasteiger partial charge on any atom is -0.397 e. The fraction of sp³-hybridized carbons (Fsp3) is 0.692. The van der Waals surface area contributed by atoms with Crippen LogP contribution in [0.2, 0.25) is 0 Å². The number of rotatable bonds is 4. The summed E-state index contributed by atoms with van der Waals surface area (Å²) in [5.74, 6) is 3.43. The number of carbonyl (C=O) groups excluding carboxylic acids is 1. The monoisotopic (exact) mass is 437 g/mol. The zero-order chi connectivity index (χ0) is 21.3. The second kappa shape index (κ2) is 7.19. The Kier molecular flexibility index (Phi) is 4.65. The second-order valence-electron chi connectivity index (χ2n) is 11.3. The fourth-order valence-electron chi connectivity index (χ4n) is 7.91. The molecule has 3 N–H and O–H groups in total. The van der Waals surface area contributed by atoms with E-state index in [1.165, 1.54) is 74.0 Å². The maximum atomic E-state index is 13.3. The van der Waals surface area contributed by atoms with Crippen LogP contribution in [0.4, 0.5) is 5.69 Å². The number of fused-ring (bicyclic) bond motifs is 2. The summed E-state index contributed by atoms with van der Waals surface area (Å²) in [4.78, 5) is 19.9. The molecule has 7 rings (SSSR count). The number of nitrogens with two attached hydrogens (primary N) is 1. The van der Waals surface area contributed by atoms with Crippen LogP contribution in [0, 0.1) is 29.1 Å². The number of hydrogen-bond acceptors (Lipinski definition) is 4. The van der Waals surface area contributed by atoms with Gasteiger partial charge < -0.3 is 11.1 Å². The highest BCUT2D eigenvalue weighted by molar-refractivity contribution is 7.21. The van der Waals surface area contributed by atoms with Gasteiger partial charge in [-0.05, 0) is 105 Å². The molecule has 0 aliphatic heterocycles. The number of nitrogen functional groups attached to an aromatic ring is 1. The second-order valence-corrected chi connectivity index (χ2v) is 12.3. The van der Waals surface area contributed by atoms with E-state index in [0.29, 0.717) is 16.0 Å². The van der Waals surface area contributed by atoms with Crippen LogP contribution in [0.25, 0.3) is 10.2 Å². The van der Waals surface area contributed by atoms with Crippen molar-refractivity contribution in [1.82, 2.24) is 10.3 Å². The Hall–Kier alpha value is -1.62. The molecule has 0 saturated heterocycles. The normalized spacial score (nSPS) is 34.6. The van der Waals surface area contributed by atoms with E-state index in [2.05, 4.69) is 25.2 Å². The van der Waals surface area contributed by atoms with Crippen LogP contribution in [-0.4, -0.2) is 16.9 Å². The van der Waals surface area contributed by atoms with Crippen LogP contribution < -0.4 is 11.1 Å². The van der Waals surface area contributed by atoms with E-state index in [1.54, 1.807) is 0 Å². The molecule has 5 aliphatic rings. The number of thiophene rings is 1. The van der Waals surface area contributed by atoms with Crippen molar-refractivity contribution in [2.45, 2.75) is 84.1 Å². The molecule has 0 unspecified atom stereocenters. The van der Waals surface area contributed by atoms with Gasteiger partial charge in [0, 0.05) is 17.1 Å². The van der Waals surface area contributed by atoms with Gasteiger partial charge in [-0.15, -0.1) is 11.3 Å². The van der Waals surface area contributed by atoms with Crippen molar-refractivity contribution in [3.63, 3.8) is 0 Å². The summed E-state index contributed by atoms with van der Waals surface area (Å²) < 4.78 is 0. The fourth-order valence-corrected chi connectivity index (χ4v) is 8.91. The number of hydrogen-bond donors (Lipinski definition) is 2. The lowest BCUT2D eigenvalue weighted by Crippen LogP contribution is -2.55. The van der Waals surface area contributed by atoms with Crippen molar-refractivity contribution in [1.29, 1.82) is 0 Å². The van der Waals surface area contributed by atoms with Gasteiger partial charge in [-0.1, -0.05) is 13.3 Å². The molecule has 1 amide bonds. The van der Waals surface area contributed by atoms with E-state index >= 15 is 0 Å². The van der Waals surface area contributed by atoms with Crippen molar-refractivity contribution in [3.05, 3.63) is 22.2 Å². The molecule has 2 aromatic heterocycles. The first-order valence-electron chi connectivity index (χ1n) is 12.5. The first-order chi connectivity index (χ1) is 14.9. The van der Waals surface area contributed by atoms with Gasteiger partial charge in [0.15, 0.2) is 0 Å². The largest absolute Gasteiger partial charge is 0.397 e. The maximum Gasteiger partial charge on any atom is 0.263 e. The van der Waals surface area contributed by atoms with E-state index in [4.69, 9.17) is 10.7 Å². The summed E-state index contributed by atoms with van der Waals surface area (Å²) in [5, 5.41) is 4.38. The van der Waals surface area contributed by atoms with Crippen LogP contribution in [0.1, 0.15) is 86.1 Å². The summed E-state index contributed by atoms with van der Waals surface area (Å²) in [6.07, 6.45) is 12.8. The van der Waals surface area contributed by atoms with E-state index in [-0.39, 0.29) is 11.9 Å². The van der Waals surface area contributed by atoms with Gasteiger partial charge in [0.2, 0.25) is 0 Å². The zero-order valence-electron chi connectivity index (χ0n) is 18.9. The Morgan fingerprint density at radius 3 is 2.58 bits per heavy atom. The summed E-state index contributed by atoms with van der Waals surface area (Å²) in [6, 6.07) is 2.44. The molecule has 4 saturated carbocycles. The maximum absolute atomic E-state index is 13.3. The lowest BCUT2D eigenvalue weighted by atomic mass is 9.48. The molecule has 2 atom stereocenters. The smallest absolute Gasteiger partial charge is 0.263 e. The van der Waals surface area contributed by atoms with Gasteiger partial charge in [0.25, 0.3) is 5.91 Å². The first kappa shape index (κ1) is 20.0. The lowest BCUT2D eigenvalue weighted by Gasteiger charge is -2.59. The van der Waals surface area contributed by atoms with Gasteiger partial charge in [-0.2, -0.15) is 0 Å². The molecule has 0 radical (unpaired) electrons. The molecule has 0 aromatic carbocycles. The Bertz CT molecular complexity index is 1010. The summed E-state index contributed by atoms with van der Waals surface area (Å²) >= 11 is 1.48. The third kappa shape index (κ3) is 3.21. The zero-order valence-corrected chi connectivity index (χ0v) is 19.7. The SMILES string of the molecule is CC[C@H]1CCc2nc3sc(C(=O)N[C@@H](C)C45CC6CC(CC(C6)C4)C5)c(N)c3cc2C1. The first-order valence-corrected chi connectivity index (χ1v) is 13.3. The third-order valence-corrected chi connectivity index (χ3v) is 10.4. The Morgan fingerprint density at radius 2 is 1.94 bits per heavy atom. The van der Waals surface area contributed by atoms with Crippen molar-refractivity contribution in [2.24, 2.45) is 29.1 Å². The number of nitrogens with one attached hydrogen (secondary N) is 1. The number of nitrogens with zero attached hydrogens (tertiary/aromatic N) is 1. The van der Waals surface area contributed by atoms with Gasteiger partial charge >= 0.3 is 0 Å². The highest BCUT2D eigenvalue weighted by Crippen LogP contribution is 2.61. The van der Waals surface area contributed by atoms with Crippen molar-refractivity contribution in [3.8, 4) is 0 Å². The molecule has 166 valence electrons. The average molecular weight is 438 g/mol. The minimum absolute atomic E-state index is 0.00755. The molecular formula is C26H35N3OS. The third-order valence-electron chi connectivity index (χ3n) is 9.32. The topological polar surface area (TPSA) is 68.0 Å². The summed E-state index contributed by atoms with van der Waals surface area (Å²) in [5.41, 5.74) is 10.0.